The molecule has 6 heteroatoms. The van der Waals surface area contributed by atoms with Crippen molar-refractivity contribution in [1.29, 1.82) is 0 Å². The lowest BCUT2D eigenvalue weighted by Gasteiger charge is -2.22. The predicted octanol–water partition coefficient (Wildman–Crippen LogP) is 18.8. The number of carbonyl (C=O) groups excluding carboxylic acids is 3. The lowest BCUT2D eigenvalue weighted by atomic mass is 10.0. The number of hydrogen-bond donors (Lipinski definition) is 0. The van der Waals surface area contributed by atoms with Gasteiger partial charge in [-0.15, -0.1) is 0 Å². The first-order valence-corrected chi connectivity index (χ1v) is 28.7. The zero-order valence-electron chi connectivity index (χ0n) is 44.7. The number of hydrogen-bond acceptors (Lipinski definition) is 6. The fraction of sp³-hybridized carbons (Fsp3) is 0.850. The van der Waals surface area contributed by atoms with E-state index in [1.807, 2.05) is 20.8 Å². The van der Waals surface area contributed by atoms with Crippen LogP contribution in [0.15, 0.2) is 36.5 Å². The summed E-state index contributed by atoms with van der Waals surface area (Å²) in [5.41, 5.74) is 0. The number of carbonyl (C=O) groups is 3. The van der Waals surface area contributed by atoms with E-state index in [1.165, 1.54) is 154 Å². The molecule has 0 aromatic heterocycles. The molecule has 0 aliphatic heterocycles. The monoisotopic (exact) mass is 927 g/mol. The summed E-state index contributed by atoms with van der Waals surface area (Å²) in [5.74, 6) is -1.64. The molecule has 3 unspecified atom stereocenters. The van der Waals surface area contributed by atoms with Gasteiger partial charge in [-0.2, -0.15) is 0 Å². The number of esters is 3. The summed E-state index contributed by atoms with van der Waals surface area (Å²) in [6.45, 7) is 12.3. The summed E-state index contributed by atoms with van der Waals surface area (Å²) in [6, 6.07) is 0. The molecule has 0 aromatic rings. The first-order valence-electron chi connectivity index (χ1n) is 28.7. The van der Waals surface area contributed by atoms with Crippen molar-refractivity contribution < 1.29 is 28.6 Å². The van der Waals surface area contributed by atoms with E-state index in [1.54, 1.807) is 0 Å². The summed E-state index contributed by atoms with van der Waals surface area (Å²) in [5, 5.41) is 0. The summed E-state index contributed by atoms with van der Waals surface area (Å²) in [7, 11) is 0. The molecule has 386 valence electrons. The fourth-order valence-electron chi connectivity index (χ4n) is 8.42. The molecule has 0 aromatic carbocycles. The van der Waals surface area contributed by atoms with E-state index in [9.17, 15) is 14.4 Å². The highest BCUT2D eigenvalue weighted by Gasteiger charge is 2.25. The SMILES string of the molecule is CCCCCCCC/C=C\CCCCCCC(C)C(=O)OCC(COC(=O)C(C)CCCCCC/C=C\CCCCCCCC)OC(=O)C(C)CCCCCC/C=C\CCCCCCCC. The van der Waals surface area contributed by atoms with Gasteiger partial charge in [0, 0.05) is 0 Å². The zero-order chi connectivity index (χ0) is 48.4. The lowest BCUT2D eigenvalue weighted by molar-refractivity contribution is -0.171. The number of ether oxygens (including phenoxy) is 3. The third-order valence-electron chi connectivity index (χ3n) is 13.3. The molecular weight excluding hydrogens is 817 g/mol. The van der Waals surface area contributed by atoms with Crippen molar-refractivity contribution >= 4 is 17.9 Å². The molecule has 6 nitrogen and oxygen atoms in total. The molecule has 0 N–H and O–H groups in total. The minimum atomic E-state index is -0.821. The van der Waals surface area contributed by atoms with Crippen LogP contribution in [-0.4, -0.2) is 37.2 Å². The maximum absolute atomic E-state index is 13.3. The molecule has 0 aliphatic rings. The van der Waals surface area contributed by atoms with Crippen LogP contribution >= 0.6 is 0 Å². The number of unbranched alkanes of at least 4 members (excludes halogenated alkanes) is 30. The normalized spacial score (nSPS) is 13.7. The van der Waals surface area contributed by atoms with Crippen LogP contribution in [0.3, 0.4) is 0 Å². The Kier molecular flexibility index (Phi) is 48.7. The van der Waals surface area contributed by atoms with Crippen molar-refractivity contribution in [3.63, 3.8) is 0 Å². The highest BCUT2D eigenvalue weighted by molar-refractivity contribution is 5.73. The van der Waals surface area contributed by atoms with Gasteiger partial charge in [0.05, 0.1) is 17.8 Å². The Balaban J connectivity index is 4.71. The van der Waals surface area contributed by atoms with E-state index in [0.29, 0.717) is 0 Å². The minimum absolute atomic E-state index is 0.103. The van der Waals surface area contributed by atoms with Crippen LogP contribution in [0, 0.1) is 17.8 Å². The first-order chi connectivity index (χ1) is 32.3. The second-order valence-corrected chi connectivity index (χ2v) is 20.1. The molecule has 0 bridgehead atoms. The maximum atomic E-state index is 13.3. The van der Waals surface area contributed by atoms with Crippen molar-refractivity contribution in [1.82, 2.24) is 0 Å². The van der Waals surface area contributed by atoms with Gasteiger partial charge in [0.25, 0.3) is 0 Å². The van der Waals surface area contributed by atoms with Crippen molar-refractivity contribution in [2.24, 2.45) is 17.8 Å². The van der Waals surface area contributed by atoms with Gasteiger partial charge in [-0.3, -0.25) is 14.4 Å². The molecule has 0 saturated heterocycles. The van der Waals surface area contributed by atoms with Gasteiger partial charge in [0.15, 0.2) is 6.10 Å². The van der Waals surface area contributed by atoms with E-state index in [-0.39, 0.29) is 48.9 Å². The van der Waals surface area contributed by atoms with Gasteiger partial charge in [0.2, 0.25) is 0 Å². The average molecular weight is 928 g/mol. The third-order valence-corrected chi connectivity index (χ3v) is 13.3. The predicted molar refractivity (Wildman–Crippen MR) is 284 cm³/mol. The van der Waals surface area contributed by atoms with Crippen LogP contribution in [0.5, 0.6) is 0 Å². The number of rotatable bonds is 50. The van der Waals surface area contributed by atoms with Gasteiger partial charge in [0.1, 0.15) is 13.2 Å². The Morgan fingerprint density at radius 1 is 0.318 bits per heavy atom. The van der Waals surface area contributed by atoms with Gasteiger partial charge in [-0.25, -0.2) is 0 Å². The summed E-state index contributed by atoms with van der Waals surface area (Å²) in [4.78, 5) is 39.4. The first kappa shape index (κ1) is 63.6. The van der Waals surface area contributed by atoms with E-state index in [2.05, 4.69) is 57.2 Å². The molecule has 0 aliphatic carbocycles. The van der Waals surface area contributed by atoms with E-state index in [0.717, 1.165) is 96.3 Å². The molecule has 0 heterocycles. The smallest absolute Gasteiger partial charge is 0.309 e. The largest absolute Gasteiger partial charge is 0.461 e. The van der Waals surface area contributed by atoms with Crippen LogP contribution < -0.4 is 0 Å². The van der Waals surface area contributed by atoms with Crippen molar-refractivity contribution in [2.45, 2.75) is 298 Å². The standard InChI is InChI=1S/C60H110O6/c1-7-10-13-16-19-22-25-28-31-34-37-40-43-46-49-54(4)58(61)64-52-57(66-60(63)56(6)51-48-45-42-39-36-33-30-27-24-21-18-15-12-9-3)53-65-59(62)55(5)50-47-44-41-38-35-32-29-26-23-20-17-14-11-8-2/h28-33,54-57H,7-27,34-53H2,1-6H3/b31-28-,32-29-,33-30-. The van der Waals surface area contributed by atoms with E-state index >= 15 is 0 Å². The number of allylic oxidation sites excluding steroid dienone is 6. The lowest BCUT2D eigenvalue weighted by Crippen LogP contribution is -2.34. The molecule has 3 atom stereocenters. The van der Waals surface area contributed by atoms with Gasteiger partial charge < -0.3 is 14.2 Å². The molecular formula is C60H110O6. The zero-order valence-corrected chi connectivity index (χ0v) is 44.7. The van der Waals surface area contributed by atoms with Crippen LogP contribution in [0.4, 0.5) is 0 Å². The van der Waals surface area contributed by atoms with Crippen LogP contribution in [0.1, 0.15) is 292 Å². The van der Waals surface area contributed by atoms with E-state index in [4.69, 9.17) is 14.2 Å². The topological polar surface area (TPSA) is 78.9 Å². The van der Waals surface area contributed by atoms with Crippen molar-refractivity contribution in [2.75, 3.05) is 13.2 Å². The van der Waals surface area contributed by atoms with Gasteiger partial charge >= 0.3 is 17.9 Å². The van der Waals surface area contributed by atoms with Crippen LogP contribution in [-0.2, 0) is 28.6 Å². The molecule has 66 heavy (non-hydrogen) atoms. The molecule has 0 spiro atoms. The summed E-state index contributed by atoms with van der Waals surface area (Å²) in [6.07, 6.45) is 59.9. The Morgan fingerprint density at radius 3 is 0.818 bits per heavy atom. The molecule has 0 radical (unpaired) electrons. The second-order valence-electron chi connectivity index (χ2n) is 20.1. The molecule has 0 saturated carbocycles. The van der Waals surface area contributed by atoms with Crippen LogP contribution in [0.2, 0.25) is 0 Å². The Hall–Kier alpha value is -2.37. The second kappa shape index (κ2) is 50.5. The Morgan fingerprint density at radius 2 is 0.545 bits per heavy atom. The van der Waals surface area contributed by atoms with Gasteiger partial charge in [-0.05, 0) is 96.3 Å². The highest BCUT2D eigenvalue weighted by atomic mass is 16.6. The Labute approximate surface area is 410 Å². The summed E-state index contributed by atoms with van der Waals surface area (Å²) < 4.78 is 17.4. The Bertz CT molecular complexity index is 1100. The summed E-state index contributed by atoms with van der Waals surface area (Å²) >= 11 is 0. The highest BCUT2D eigenvalue weighted by Crippen LogP contribution is 2.19. The quantitative estimate of drug-likeness (QED) is 0.0262. The maximum Gasteiger partial charge on any atom is 0.309 e. The fourth-order valence-corrected chi connectivity index (χ4v) is 8.42. The van der Waals surface area contributed by atoms with E-state index < -0.39 is 6.10 Å². The molecule has 0 amide bonds. The molecule has 0 rings (SSSR count). The van der Waals surface area contributed by atoms with Crippen molar-refractivity contribution in [3.8, 4) is 0 Å². The third kappa shape index (κ3) is 44.2. The van der Waals surface area contributed by atoms with Crippen molar-refractivity contribution in [3.05, 3.63) is 36.5 Å². The molecule has 0 fully saturated rings. The minimum Gasteiger partial charge on any atom is -0.461 e. The van der Waals surface area contributed by atoms with Gasteiger partial charge in [-0.1, -0.05) is 232 Å². The average Bonchev–Trinajstić information content (AvgIpc) is 3.32. The van der Waals surface area contributed by atoms with Crippen LogP contribution in [0.25, 0.3) is 0 Å².